The van der Waals surface area contributed by atoms with Crippen LogP contribution < -0.4 is 10.2 Å². The number of nitrogens with zero attached hydrogens (tertiary/aromatic N) is 2. The molecule has 108 valence electrons. The minimum atomic E-state index is -4.37. The molecule has 2 aliphatic heterocycles. The molecule has 1 aromatic rings. The molecule has 6 heteroatoms. The molecule has 0 amide bonds. The van der Waals surface area contributed by atoms with Gasteiger partial charge in [-0.3, -0.25) is 0 Å². The van der Waals surface area contributed by atoms with E-state index in [0.717, 1.165) is 12.6 Å². The number of rotatable bonds is 0. The van der Waals surface area contributed by atoms with Crippen LogP contribution in [-0.4, -0.2) is 37.7 Å². The van der Waals surface area contributed by atoms with Crippen LogP contribution in [0.2, 0.25) is 0 Å². The predicted octanol–water partition coefficient (Wildman–Crippen LogP) is 2.36. The molecule has 1 N–H and O–H groups in total. The standard InChI is InChI=1S/C14H16F3N3/c1-9-13-10(14(15,16)17)4-3-5-11(13)20-7-6-18-8-12(20)19(9)2/h3-5,12,18H,1,6-8H2,2H3/t12-/m1/s1. The maximum absolute atomic E-state index is 13.2. The molecule has 0 radical (unpaired) electrons. The molecule has 0 spiro atoms. The minimum absolute atomic E-state index is 0.0206. The fourth-order valence-corrected chi connectivity index (χ4v) is 2.99. The Morgan fingerprint density at radius 1 is 1.35 bits per heavy atom. The highest BCUT2D eigenvalue weighted by molar-refractivity contribution is 5.81. The highest BCUT2D eigenvalue weighted by atomic mass is 19.4. The molecule has 1 saturated heterocycles. The molecule has 1 aromatic carbocycles. The van der Waals surface area contributed by atoms with E-state index in [1.807, 2.05) is 9.80 Å². The number of hydrogen-bond acceptors (Lipinski definition) is 3. The molecule has 0 saturated carbocycles. The summed E-state index contributed by atoms with van der Waals surface area (Å²) in [6, 6.07) is 4.35. The van der Waals surface area contributed by atoms with Gasteiger partial charge in [0.2, 0.25) is 0 Å². The number of hydrogen-bond donors (Lipinski definition) is 1. The minimum Gasteiger partial charge on any atom is -0.353 e. The third-order valence-electron chi connectivity index (χ3n) is 4.03. The highest BCUT2D eigenvalue weighted by Gasteiger charge is 2.41. The van der Waals surface area contributed by atoms with Crippen molar-refractivity contribution < 1.29 is 13.2 Å². The Morgan fingerprint density at radius 2 is 2.10 bits per heavy atom. The number of fused-ring (bicyclic) bond motifs is 3. The molecule has 3 rings (SSSR count). The van der Waals surface area contributed by atoms with Crippen LogP contribution in [0, 0.1) is 0 Å². The molecule has 2 heterocycles. The van der Waals surface area contributed by atoms with Crippen LogP contribution in [0.25, 0.3) is 5.70 Å². The lowest BCUT2D eigenvalue weighted by Gasteiger charge is -2.49. The van der Waals surface area contributed by atoms with Crippen molar-refractivity contribution in [2.75, 3.05) is 31.6 Å². The molecule has 1 fully saturated rings. The average Bonchev–Trinajstić information content (AvgIpc) is 2.43. The summed E-state index contributed by atoms with van der Waals surface area (Å²) in [6.07, 6.45) is -4.34. The van der Waals surface area contributed by atoms with Crippen molar-refractivity contribution in [1.82, 2.24) is 10.2 Å². The van der Waals surface area contributed by atoms with Crippen molar-refractivity contribution in [3.63, 3.8) is 0 Å². The topological polar surface area (TPSA) is 18.5 Å². The number of alkyl halides is 3. The number of nitrogens with one attached hydrogen (secondary N) is 1. The SMILES string of the molecule is C=C1c2c(cccc2C(F)(F)F)N2CCNC[C@@H]2N1C. The molecule has 20 heavy (non-hydrogen) atoms. The van der Waals surface area contributed by atoms with E-state index in [1.54, 1.807) is 13.1 Å². The van der Waals surface area contributed by atoms with Crippen LogP contribution >= 0.6 is 0 Å². The van der Waals surface area contributed by atoms with Crippen LogP contribution in [0.5, 0.6) is 0 Å². The zero-order chi connectivity index (χ0) is 14.5. The normalized spacial score (nSPS) is 22.6. The number of piperazine rings is 1. The predicted molar refractivity (Wildman–Crippen MR) is 72.2 cm³/mol. The van der Waals surface area contributed by atoms with Crippen LogP contribution in [0.15, 0.2) is 24.8 Å². The van der Waals surface area contributed by atoms with Crippen molar-refractivity contribution >= 4 is 11.4 Å². The summed E-state index contributed by atoms with van der Waals surface area (Å²) in [7, 11) is 1.79. The fraction of sp³-hybridized carbons (Fsp3) is 0.429. The highest BCUT2D eigenvalue weighted by Crippen LogP contribution is 2.44. The summed E-state index contributed by atoms with van der Waals surface area (Å²) < 4.78 is 39.6. The maximum Gasteiger partial charge on any atom is 0.417 e. The molecule has 0 unspecified atom stereocenters. The Morgan fingerprint density at radius 3 is 2.80 bits per heavy atom. The Hall–Kier alpha value is -1.69. The first-order valence-corrected chi connectivity index (χ1v) is 6.51. The van der Waals surface area contributed by atoms with Crippen molar-refractivity contribution in [2.24, 2.45) is 0 Å². The fourth-order valence-electron chi connectivity index (χ4n) is 2.99. The van der Waals surface area contributed by atoms with E-state index in [-0.39, 0.29) is 11.7 Å². The number of anilines is 1. The zero-order valence-corrected chi connectivity index (χ0v) is 11.2. The summed E-state index contributed by atoms with van der Waals surface area (Å²) in [4.78, 5) is 3.85. The third kappa shape index (κ3) is 1.86. The van der Waals surface area contributed by atoms with Gasteiger partial charge in [-0.1, -0.05) is 12.6 Å². The quantitative estimate of drug-likeness (QED) is 0.788. The van der Waals surface area contributed by atoms with Gasteiger partial charge in [-0.25, -0.2) is 0 Å². The van der Waals surface area contributed by atoms with Crippen LogP contribution in [-0.2, 0) is 6.18 Å². The van der Waals surface area contributed by atoms with Gasteiger partial charge in [-0.2, -0.15) is 13.2 Å². The lowest BCUT2D eigenvalue weighted by Crippen LogP contribution is -2.60. The van der Waals surface area contributed by atoms with E-state index in [9.17, 15) is 13.2 Å². The molecule has 2 aliphatic rings. The largest absolute Gasteiger partial charge is 0.417 e. The second kappa shape index (κ2) is 4.41. The summed E-state index contributed by atoms with van der Waals surface area (Å²) in [5.41, 5.74) is 0.664. The summed E-state index contributed by atoms with van der Waals surface area (Å²) in [5.74, 6) is 0. The van der Waals surface area contributed by atoms with Gasteiger partial charge in [0.25, 0.3) is 0 Å². The first-order valence-electron chi connectivity index (χ1n) is 6.51. The molecule has 0 aliphatic carbocycles. The number of benzene rings is 1. The molecular weight excluding hydrogens is 267 g/mol. The first-order chi connectivity index (χ1) is 9.41. The van der Waals surface area contributed by atoms with Gasteiger partial charge in [0.1, 0.15) is 6.17 Å². The van der Waals surface area contributed by atoms with Crippen LogP contribution in [0.4, 0.5) is 18.9 Å². The first kappa shape index (κ1) is 13.3. The van der Waals surface area contributed by atoms with E-state index in [1.165, 1.54) is 6.07 Å². The van der Waals surface area contributed by atoms with Gasteiger partial charge in [0.15, 0.2) is 0 Å². The third-order valence-corrected chi connectivity index (χ3v) is 4.03. The Kier molecular flexibility index (Phi) is 2.93. The Bertz CT molecular complexity index is 553. The maximum atomic E-state index is 13.2. The van der Waals surface area contributed by atoms with Gasteiger partial charge in [0.05, 0.1) is 5.56 Å². The van der Waals surface area contributed by atoms with Crippen LogP contribution in [0.1, 0.15) is 11.1 Å². The second-order valence-corrected chi connectivity index (χ2v) is 5.13. The average molecular weight is 283 g/mol. The van der Waals surface area contributed by atoms with E-state index in [0.29, 0.717) is 24.5 Å². The van der Waals surface area contributed by atoms with E-state index < -0.39 is 11.7 Å². The van der Waals surface area contributed by atoms with Crippen molar-refractivity contribution in [3.8, 4) is 0 Å². The second-order valence-electron chi connectivity index (χ2n) is 5.13. The van der Waals surface area contributed by atoms with Gasteiger partial charge < -0.3 is 15.1 Å². The smallest absolute Gasteiger partial charge is 0.353 e. The molecule has 0 bridgehead atoms. The van der Waals surface area contributed by atoms with Gasteiger partial charge in [0, 0.05) is 43.6 Å². The monoisotopic (exact) mass is 283 g/mol. The number of likely N-dealkylation sites (N-methyl/N-ethyl adjacent to an activating group) is 1. The molecule has 0 aromatic heterocycles. The van der Waals surface area contributed by atoms with E-state index >= 15 is 0 Å². The van der Waals surface area contributed by atoms with E-state index in [4.69, 9.17) is 0 Å². The summed E-state index contributed by atoms with van der Waals surface area (Å²) in [5, 5.41) is 3.26. The van der Waals surface area contributed by atoms with Crippen molar-refractivity contribution in [2.45, 2.75) is 12.3 Å². The summed E-state index contributed by atoms with van der Waals surface area (Å²) in [6.45, 7) is 6.05. The molecule has 3 nitrogen and oxygen atoms in total. The van der Waals surface area contributed by atoms with Gasteiger partial charge in [-0.05, 0) is 12.1 Å². The summed E-state index contributed by atoms with van der Waals surface area (Å²) >= 11 is 0. The molecule has 1 atom stereocenters. The Balaban J connectivity index is 2.19. The van der Waals surface area contributed by atoms with E-state index in [2.05, 4.69) is 11.9 Å². The van der Waals surface area contributed by atoms with Crippen LogP contribution in [0.3, 0.4) is 0 Å². The Labute approximate surface area is 115 Å². The van der Waals surface area contributed by atoms with Gasteiger partial charge >= 0.3 is 6.18 Å². The van der Waals surface area contributed by atoms with Gasteiger partial charge in [-0.15, -0.1) is 0 Å². The van der Waals surface area contributed by atoms with Crippen molar-refractivity contribution in [1.29, 1.82) is 0 Å². The zero-order valence-electron chi connectivity index (χ0n) is 11.2. The van der Waals surface area contributed by atoms with Crippen molar-refractivity contribution in [3.05, 3.63) is 35.9 Å². The number of halogens is 3. The molecular formula is C14H16F3N3. The lowest BCUT2D eigenvalue weighted by atomic mass is 9.96. The lowest BCUT2D eigenvalue weighted by molar-refractivity contribution is -0.137.